The van der Waals surface area contributed by atoms with Crippen molar-refractivity contribution in [3.05, 3.63) is 174 Å². The minimum absolute atomic E-state index is 0.112. The number of rotatable bonds is 10. The third-order valence-corrected chi connectivity index (χ3v) is 10.7. The molecule has 2 unspecified atom stereocenters. The lowest BCUT2D eigenvalue weighted by Gasteiger charge is -2.20. The molecule has 4 nitrogen and oxygen atoms in total. The van der Waals surface area contributed by atoms with Crippen LogP contribution in [-0.4, -0.2) is 10.4 Å². The molecule has 0 bridgehead atoms. The summed E-state index contributed by atoms with van der Waals surface area (Å²) in [5.41, 5.74) is 18.2. The average molecular weight is 661 g/mol. The summed E-state index contributed by atoms with van der Waals surface area (Å²) in [5, 5.41) is 13.4. The van der Waals surface area contributed by atoms with Gasteiger partial charge in [0.25, 0.3) is 0 Å². The zero-order chi connectivity index (χ0) is 32.9. The predicted molar refractivity (Wildman–Crippen MR) is 210 cm³/mol. The highest BCUT2D eigenvalue weighted by molar-refractivity contribution is 8.03. The van der Waals surface area contributed by atoms with E-state index in [9.17, 15) is 0 Å². The van der Waals surface area contributed by atoms with E-state index >= 15 is 0 Å². The van der Waals surface area contributed by atoms with Gasteiger partial charge in [-0.25, -0.2) is 0 Å². The molecule has 4 aromatic carbocycles. The summed E-state index contributed by atoms with van der Waals surface area (Å²) in [5.74, 6) is 0. The Bertz CT molecular complexity index is 2080. The van der Waals surface area contributed by atoms with Gasteiger partial charge in [0.15, 0.2) is 0 Å². The number of benzene rings is 4. The minimum Gasteiger partial charge on any atom is -0.404 e. The summed E-state index contributed by atoms with van der Waals surface area (Å²) < 4.78 is 0. The molecule has 0 saturated heterocycles. The zero-order valence-corrected chi connectivity index (χ0v) is 28.1. The van der Waals surface area contributed by atoms with Crippen molar-refractivity contribution >= 4 is 46.4 Å². The van der Waals surface area contributed by atoms with E-state index in [0.29, 0.717) is 6.42 Å². The monoisotopic (exact) mass is 660 g/mol. The maximum Gasteiger partial charge on any atom is 0.103 e. The van der Waals surface area contributed by atoms with E-state index in [1.54, 1.807) is 29.7 Å². The number of aromatic nitrogens is 1. The van der Waals surface area contributed by atoms with E-state index in [1.807, 2.05) is 36.8 Å². The Kier molecular flexibility index (Phi) is 9.36. The van der Waals surface area contributed by atoms with Gasteiger partial charge in [-0.05, 0) is 84.7 Å². The summed E-state index contributed by atoms with van der Waals surface area (Å²) in [6, 6.07) is 30.3. The van der Waals surface area contributed by atoms with Crippen LogP contribution in [0.25, 0.3) is 56.4 Å². The molecule has 1 aromatic heterocycles. The molecule has 236 valence electrons. The van der Waals surface area contributed by atoms with Crippen molar-refractivity contribution in [1.82, 2.24) is 15.6 Å². The van der Waals surface area contributed by atoms with Gasteiger partial charge in [0.2, 0.25) is 0 Å². The van der Waals surface area contributed by atoms with Gasteiger partial charge in [0, 0.05) is 35.9 Å². The van der Waals surface area contributed by atoms with Crippen molar-refractivity contribution in [1.29, 1.82) is 0 Å². The third-order valence-electron chi connectivity index (χ3n) is 8.77. The average Bonchev–Trinajstić information content (AvgIpc) is 3.89. The van der Waals surface area contributed by atoms with E-state index < -0.39 is 0 Å². The van der Waals surface area contributed by atoms with Gasteiger partial charge in [-0.3, -0.25) is 4.98 Å². The Hall–Kier alpha value is -5.17. The number of hydrogen-bond donors (Lipinski definition) is 3. The highest BCUT2D eigenvalue weighted by atomic mass is 32.2. The molecule has 6 heteroatoms. The van der Waals surface area contributed by atoms with E-state index in [1.165, 1.54) is 16.7 Å². The second-order valence-electron chi connectivity index (χ2n) is 11.5. The van der Waals surface area contributed by atoms with Gasteiger partial charge < -0.3 is 16.4 Å². The van der Waals surface area contributed by atoms with Crippen LogP contribution in [-0.2, 0) is 6.42 Å². The topological polar surface area (TPSA) is 63.0 Å². The molecular formula is C42H36N4S2. The van der Waals surface area contributed by atoms with Gasteiger partial charge in [-0.1, -0.05) is 110 Å². The summed E-state index contributed by atoms with van der Waals surface area (Å²) in [6.45, 7) is 8.55. The number of pyridine rings is 1. The highest BCUT2D eigenvalue weighted by Crippen LogP contribution is 2.41. The van der Waals surface area contributed by atoms with Crippen LogP contribution in [0.3, 0.4) is 0 Å². The molecule has 0 spiro atoms. The molecule has 0 aliphatic carbocycles. The fourth-order valence-corrected chi connectivity index (χ4v) is 7.93. The van der Waals surface area contributed by atoms with Crippen molar-refractivity contribution in [2.75, 3.05) is 0 Å². The molecule has 2 aliphatic rings. The molecular weight excluding hydrogens is 625 g/mol. The van der Waals surface area contributed by atoms with Gasteiger partial charge in [-0.15, -0.1) is 23.5 Å². The number of thioether (sulfide) groups is 2. The first-order valence-corrected chi connectivity index (χ1v) is 17.8. The van der Waals surface area contributed by atoms with Crippen LogP contribution in [0.1, 0.15) is 27.6 Å². The Morgan fingerprint density at radius 2 is 1.48 bits per heavy atom. The first kappa shape index (κ1) is 31.4. The largest absolute Gasteiger partial charge is 0.404 e. The molecule has 2 atom stereocenters. The zero-order valence-electron chi connectivity index (χ0n) is 26.5. The lowest BCUT2D eigenvalue weighted by atomic mass is 9.84. The van der Waals surface area contributed by atoms with Crippen LogP contribution in [0.5, 0.6) is 0 Å². The standard InChI is InChI=1S/C42H36N4S2/c1-3-34-35(4-2)40(39-20-18-33(27-46-39)42-45-22-24-48-42)37-19-17-31(30-15-13-29(14-16-30)28-9-6-5-7-10-28)25-38(37)36(34)12-8-11-32(26-43)41-44-21-23-47-41/h3-11,13-27,41-42,44-45H,1-2,12,43H2/b11-8-,32-26+. The molecule has 3 heterocycles. The maximum atomic E-state index is 6.05. The van der Waals surface area contributed by atoms with Crippen LogP contribution in [0.4, 0.5) is 0 Å². The van der Waals surface area contributed by atoms with Crippen LogP contribution in [0, 0.1) is 0 Å². The van der Waals surface area contributed by atoms with Crippen molar-refractivity contribution in [3.63, 3.8) is 0 Å². The van der Waals surface area contributed by atoms with Crippen LogP contribution in [0.2, 0.25) is 0 Å². The smallest absolute Gasteiger partial charge is 0.103 e. The highest BCUT2D eigenvalue weighted by Gasteiger charge is 2.20. The summed E-state index contributed by atoms with van der Waals surface area (Å²) >= 11 is 3.45. The van der Waals surface area contributed by atoms with Crippen molar-refractivity contribution < 1.29 is 0 Å². The first-order chi connectivity index (χ1) is 23.7. The molecule has 5 aromatic rings. The van der Waals surface area contributed by atoms with Crippen LogP contribution >= 0.6 is 23.5 Å². The minimum atomic E-state index is 0.112. The summed E-state index contributed by atoms with van der Waals surface area (Å²) in [6.07, 6.45) is 16.5. The van der Waals surface area contributed by atoms with Crippen LogP contribution < -0.4 is 16.4 Å². The second kappa shape index (κ2) is 14.3. The Labute approximate surface area is 291 Å². The number of nitrogens with one attached hydrogen (secondary N) is 2. The number of allylic oxidation sites excluding steroid dienone is 1. The van der Waals surface area contributed by atoms with Crippen molar-refractivity contribution in [3.8, 4) is 33.5 Å². The number of nitrogens with two attached hydrogens (primary N) is 1. The van der Waals surface area contributed by atoms with Gasteiger partial charge in [-0.2, -0.15) is 0 Å². The van der Waals surface area contributed by atoms with Crippen molar-refractivity contribution in [2.45, 2.75) is 17.2 Å². The Balaban J connectivity index is 1.35. The molecule has 48 heavy (non-hydrogen) atoms. The van der Waals surface area contributed by atoms with E-state index in [2.05, 4.69) is 126 Å². The van der Waals surface area contributed by atoms with E-state index in [4.69, 9.17) is 10.7 Å². The molecule has 7 rings (SSSR count). The lowest BCUT2D eigenvalue weighted by Crippen LogP contribution is -2.18. The predicted octanol–water partition coefficient (Wildman–Crippen LogP) is 10.4. The molecule has 0 amide bonds. The summed E-state index contributed by atoms with van der Waals surface area (Å²) in [7, 11) is 0. The van der Waals surface area contributed by atoms with E-state index in [-0.39, 0.29) is 10.7 Å². The lowest BCUT2D eigenvalue weighted by molar-refractivity contribution is 0.856. The molecule has 0 fully saturated rings. The van der Waals surface area contributed by atoms with E-state index in [0.717, 1.165) is 55.4 Å². The molecule has 0 saturated carbocycles. The second-order valence-corrected chi connectivity index (χ2v) is 13.5. The molecule has 2 aliphatic heterocycles. The van der Waals surface area contributed by atoms with Gasteiger partial charge >= 0.3 is 0 Å². The number of fused-ring (bicyclic) bond motifs is 1. The quantitative estimate of drug-likeness (QED) is 0.130. The molecule has 0 radical (unpaired) electrons. The fourth-order valence-electron chi connectivity index (χ4n) is 6.37. The van der Waals surface area contributed by atoms with Gasteiger partial charge in [0.05, 0.1) is 5.69 Å². The van der Waals surface area contributed by atoms with Crippen molar-refractivity contribution in [2.24, 2.45) is 5.73 Å². The molecule has 4 N–H and O–H groups in total. The Morgan fingerprint density at radius 3 is 2.12 bits per heavy atom. The summed E-state index contributed by atoms with van der Waals surface area (Å²) in [4.78, 5) is 5.00. The normalized spacial score (nSPS) is 17.1. The fraction of sp³-hybridized carbons (Fsp3) is 0.0714. The SMILES string of the molecule is C=Cc1c(C=C)c(-c2ccc(C3NC=CS3)cn2)c2ccc(-c3ccc(-c4ccccc4)cc3)cc2c1C/C=C\C(=C/N)C1NC=CS1. The third kappa shape index (κ3) is 6.25. The van der Waals surface area contributed by atoms with Gasteiger partial charge in [0.1, 0.15) is 10.7 Å². The number of nitrogens with zero attached hydrogens (tertiary/aromatic N) is 1. The maximum absolute atomic E-state index is 6.05. The first-order valence-electron chi connectivity index (χ1n) is 15.9. The Morgan fingerprint density at radius 1 is 0.771 bits per heavy atom. The van der Waals surface area contributed by atoms with Crippen LogP contribution in [0.15, 0.2) is 151 Å². The number of hydrogen-bond acceptors (Lipinski definition) is 6.